The Bertz CT molecular complexity index is 875. The molecule has 0 saturated heterocycles. The summed E-state index contributed by atoms with van der Waals surface area (Å²) in [7, 11) is 4.04. The molecule has 0 aliphatic carbocycles. The number of likely N-dealkylation sites (N-methyl/N-ethyl adjacent to an activating group) is 1. The van der Waals surface area contributed by atoms with Crippen LogP contribution in [-0.4, -0.2) is 46.2 Å². The minimum Gasteiger partial charge on any atom is -0.351 e. The average Bonchev–Trinajstić information content (AvgIpc) is 3.16. The minimum atomic E-state index is -0.157. The number of carbonyl (C=O) groups excluding carboxylic acids is 1. The highest BCUT2D eigenvalue weighted by Gasteiger charge is 2.12. The van der Waals surface area contributed by atoms with Gasteiger partial charge >= 0.3 is 0 Å². The Balaban J connectivity index is 1.74. The Morgan fingerprint density at radius 3 is 2.88 bits per heavy atom. The molecule has 0 atom stereocenters. The van der Waals surface area contributed by atoms with Crippen molar-refractivity contribution in [2.75, 3.05) is 26.0 Å². The zero-order valence-electron chi connectivity index (χ0n) is 14.6. The number of nitrogens with zero attached hydrogens (tertiary/aromatic N) is 3. The molecular weight excluding hydrogens is 302 g/mol. The molecule has 3 aromatic rings. The molecule has 0 saturated carbocycles. The Morgan fingerprint density at radius 2 is 2.12 bits per heavy atom. The van der Waals surface area contributed by atoms with Crippen LogP contribution in [0.25, 0.3) is 10.9 Å². The van der Waals surface area contributed by atoms with Crippen LogP contribution in [0.4, 0.5) is 5.69 Å². The first-order chi connectivity index (χ1) is 11.4. The highest BCUT2D eigenvalue weighted by atomic mass is 16.1. The van der Waals surface area contributed by atoms with E-state index >= 15 is 0 Å². The van der Waals surface area contributed by atoms with Gasteiger partial charge in [-0.25, -0.2) is 0 Å². The van der Waals surface area contributed by atoms with E-state index in [1.807, 2.05) is 37.1 Å². The Hall–Kier alpha value is -2.60. The first-order valence-electron chi connectivity index (χ1n) is 8.01. The molecule has 0 radical (unpaired) electrons. The predicted molar refractivity (Wildman–Crippen MR) is 96.5 cm³/mol. The van der Waals surface area contributed by atoms with Crippen molar-refractivity contribution in [2.45, 2.75) is 20.4 Å². The lowest BCUT2D eigenvalue weighted by atomic mass is 10.1. The zero-order chi connectivity index (χ0) is 17.3. The van der Waals surface area contributed by atoms with Gasteiger partial charge in [0.1, 0.15) is 5.69 Å². The predicted octanol–water partition coefficient (Wildman–Crippen LogP) is 2.80. The molecule has 0 unspecified atom stereocenters. The van der Waals surface area contributed by atoms with Crippen LogP contribution in [0.2, 0.25) is 0 Å². The first-order valence-corrected chi connectivity index (χ1v) is 8.01. The van der Waals surface area contributed by atoms with Gasteiger partial charge in [-0.1, -0.05) is 6.07 Å². The third-order valence-corrected chi connectivity index (χ3v) is 4.26. The van der Waals surface area contributed by atoms with Crippen molar-refractivity contribution >= 4 is 22.5 Å². The summed E-state index contributed by atoms with van der Waals surface area (Å²) >= 11 is 0. The highest BCUT2D eigenvalue weighted by Crippen LogP contribution is 2.22. The topological polar surface area (TPSA) is 66.0 Å². The highest BCUT2D eigenvalue weighted by molar-refractivity contribution is 6.06. The smallest absolute Gasteiger partial charge is 0.272 e. The van der Waals surface area contributed by atoms with Crippen molar-refractivity contribution in [1.82, 2.24) is 19.7 Å². The zero-order valence-corrected chi connectivity index (χ0v) is 14.6. The maximum Gasteiger partial charge on any atom is 0.272 e. The molecule has 1 amide bonds. The van der Waals surface area contributed by atoms with Crippen molar-refractivity contribution in [3.8, 4) is 0 Å². The van der Waals surface area contributed by atoms with E-state index in [1.165, 1.54) is 11.1 Å². The quantitative estimate of drug-likeness (QED) is 0.758. The van der Waals surface area contributed by atoms with Gasteiger partial charge < -0.3 is 15.2 Å². The maximum atomic E-state index is 12.5. The number of fused-ring (bicyclic) bond motifs is 1. The van der Waals surface area contributed by atoms with Crippen LogP contribution in [0, 0.1) is 13.8 Å². The summed E-state index contributed by atoms with van der Waals surface area (Å²) in [6.07, 6.45) is 3.52. The molecule has 1 aromatic carbocycles. The fourth-order valence-corrected chi connectivity index (χ4v) is 2.63. The molecule has 126 valence electrons. The lowest BCUT2D eigenvalue weighted by Crippen LogP contribution is -2.18. The average molecular weight is 325 g/mol. The van der Waals surface area contributed by atoms with E-state index in [1.54, 1.807) is 6.20 Å². The molecule has 0 bridgehead atoms. The number of aromatic amines is 1. The summed E-state index contributed by atoms with van der Waals surface area (Å²) in [5.41, 5.74) is 4.64. The fraction of sp³-hybridized carbons (Fsp3) is 0.333. The van der Waals surface area contributed by atoms with E-state index < -0.39 is 0 Å². The van der Waals surface area contributed by atoms with Crippen LogP contribution in [0.3, 0.4) is 0 Å². The molecule has 0 fully saturated rings. The summed E-state index contributed by atoms with van der Waals surface area (Å²) in [5, 5.41) is 8.25. The molecule has 0 aliphatic heterocycles. The largest absolute Gasteiger partial charge is 0.351 e. The first kappa shape index (κ1) is 16.3. The molecule has 3 rings (SSSR count). The van der Waals surface area contributed by atoms with Gasteiger partial charge in [0.25, 0.3) is 5.91 Å². The summed E-state index contributed by atoms with van der Waals surface area (Å²) in [6.45, 7) is 5.83. The molecule has 2 heterocycles. The van der Waals surface area contributed by atoms with Crippen LogP contribution in [0.5, 0.6) is 0 Å². The number of hydrogen-bond donors (Lipinski definition) is 2. The second-order valence-electron chi connectivity index (χ2n) is 6.40. The Morgan fingerprint density at radius 1 is 1.33 bits per heavy atom. The molecule has 0 spiro atoms. The molecule has 0 aliphatic rings. The van der Waals surface area contributed by atoms with E-state index in [-0.39, 0.29) is 5.91 Å². The summed E-state index contributed by atoms with van der Waals surface area (Å²) < 4.78 is 1.83. The number of hydrogen-bond acceptors (Lipinski definition) is 3. The van der Waals surface area contributed by atoms with Crippen molar-refractivity contribution in [3.63, 3.8) is 0 Å². The second kappa shape index (κ2) is 6.49. The molecule has 24 heavy (non-hydrogen) atoms. The van der Waals surface area contributed by atoms with E-state index in [2.05, 4.69) is 40.2 Å². The number of anilines is 1. The van der Waals surface area contributed by atoms with Crippen molar-refractivity contribution in [1.29, 1.82) is 0 Å². The number of rotatable bonds is 5. The Kier molecular flexibility index (Phi) is 4.40. The van der Waals surface area contributed by atoms with Gasteiger partial charge in [0, 0.05) is 23.6 Å². The molecular formula is C18H23N5O. The lowest BCUT2D eigenvalue weighted by Gasteiger charge is -2.08. The van der Waals surface area contributed by atoms with Gasteiger partial charge in [-0.2, -0.15) is 5.10 Å². The number of benzene rings is 1. The molecule has 6 heteroatoms. The van der Waals surface area contributed by atoms with Crippen molar-refractivity contribution in [2.24, 2.45) is 0 Å². The summed E-state index contributed by atoms with van der Waals surface area (Å²) in [6, 6.07) is 5.97. The molecule has 2 aromatic heterocycles. The standard InChI is InChI=1S/C18H23N5O/c1-12-5-6-16-15(13(12)2)9-17(21-16)18(24)20-14-10-19-23(11-14)8-7-22(3)4/h5-6,9-11,21H,7-8H2,1-4H3,(H,20,24). The number of H-pyrrole nitrogens is 1. The van der Waals surface area contributed by atoms with Crippen LogP contribution < -0.4 is 5.32 Å². The number of carbonyl (C=O) groups is 1. The van der Waals surface area contributed by atoms with Gasteiger partial charge in [0.05, 0.1) is 18.4 Å². The van der Waals surface area contributed by atoms with Crippen molar-refractivity contribution < 1.29 is 4.79 Å². The molecule has 2 N–H and O–H groups in total. The van der Waals surface area contributed by atoms with E-state index in [0.29, 0.717) is 11.4 Å². The molecule has 6 nitrogen and oxygen atoms in total. The summed E-state index contributed by atoms with van der Waals surface area (Å²) in [5.74, 6) is -0.157. The summed E-state index contributed by atoms with van der Waals surface area (Å²) in [4.78, 5) is 17.7. The fourth-order valence-electron chi connectivity index (χ4n) is 2.63. The Labute approximate surface area is 141 Å². The lowest BCUT2D eigenvalue weighted by molar-refractivity contribution is 0.102. The van der Waals surface area contributed by atoms with Gasteiger partial charge in [-0.15, -0.1) is 0 Å². The van der Waals surface area contributed by atoms with Crippen molar-refractivity contribution in [3.05, 3.63) is 47.4 Å². The van der Waals surface area contributed by atoms with Crippen LogP contribution in [0.15, 0.2) is 30.6 Å². The third-order valence-electron chi connectivity index (χ3n) is 4.26. The van der Waals surface area contributed by atoms with Gasteiger partial charge in [-0.05, 0) is 51.2 Å². The monoisotopic (exact) mass is 325 g/mol. The number of aromatic nitrogens is 3. The maximum absolute atomic E-state index is 12.5. The van der Waals surface area contributed by atoms with E-state index in [0.717, 1.165) is 24.0 Å². The van der Waals surface area contributed by atoms with Gasteiger partial charge in [0.15, 0.2) is 0 Å². The SMILES string of the molecule is Cc1ccc2[nH]c(C(=O)Nc3cnn(CCN(C)C)c3)cc2c1C. The van der Waals surface area contributed by atoms with E-state index in [9.17, 15) is 4.79 Å². The van der Waals surface area contributed by atoms with Gasteiger partial charge in [0.2, 0.25) is 0 Å². The van der Waals surface area contributed by atoms with Crippen LogP contribution >= 0.6 is 0 Å². The van der Waals surface area contributed by atoms with Crippen LogP contribution in [0.1, 0.15) is 21.6 Å². The second-order valence-corrected chi connectivity index (χ2v) is 6.40. The normalized spacial score (nSPS) is 11.4. The van der Waals surface area contributed by atoms with Crippen LogP contribution in [-0.2, 0) is 6.54 Å². The van der Waals surface area contributed by atoms with Gasteiger partial charge in [-0.3, -0.25) is 9.48 Å². The minimum absolute atomic E-state index is 0.157. The van der Waals surface area contributed by atoms with E-state index in [4.69, 9.17) is 0 Å². The number of aryl methyl sites for hydroxylation is 2. The number of nitrogens with one attached hydrogen (secondary N) is 2. The third kappa shape index (κ3) is 3.33. The number of amides is 1.